The molecule has 26 heavy (non-hydrogen) atoms. The number of alkyl halides is 6. The highest BCUT2D eigenvalue weighted by molar-refractivity contribution is 5.26. The van der Waals surface area contributed by atoms with Crippen LogP contribution in [0.1, 0.15) is 31.4 Å². The van der Waals surface area contributed by atoms with Crippen LogP contribution >= 0.6 is 0 Å². The molecule has 0 saturated heterocycles. The maximum atomic E-state index is 12.8. The third-order valence-electron chi connectivity index (χ3n) is 3.63. The lowest BCUT2D eigenvalue weighted by Crippen LogP contribution is -2.43. The van der Waals surface area contributed by atoms with Crippen molar-refractivity contribution in [3.8, 4) is 0 Å². The van der Waals surface area contributed by atoms with Crippen molar-refractivity contribution in [2.75, 3.05) is 13.2 Å². The zero-order valence-corrected chi connectivity index (χ0v) is 14.5. The highest BCUT2D eigenvalue weighted by Gasteiger charge is 2.38. The molecule has 0 amide bonds. The van der Waals surface area contributed by atoms with E-state index in [1.54, 1.807) is 13.8 Å². The van der Waals surface area contributed by atoms with Crippen molar-refractivity contribution >= 4 is 0 Å². The summed E-state index contributed by atoms with van der Waals surface area (Å²) in [6, 6.07) is 4.06. The molecule has 0 radical (unpaired) electrons. The molecule has 0 heterocycles. The molecule has 2 N–H and O–H groups in total. The Bertz CT molecular complexity index is 545. The molecule has 2 unspecified atom stereocenters. The Hall–Kier alpha value is -1.32. The summed E-state index contributed by atoms with van der Waals surface area (Å²) >= 11 is 0. The van der Waals surface area contributed by atoms with Gasteiger partial charge in [0.25, 0.3) is 0 Å². The molecule has 0 spiro atoms. The van der Waals surface area contributed by atoms with Crippen LogP contribution in [0.25, 0.3) is 0 Å². The molecule has 9 heteroatoms. The van der Waals surface area contributed by atoms with Crippen LogP contribution in [0.4, 0.5) is 26.3 Å². The zero-order valence-electron chi connectivity index (χ0n) is 14.5. The van der Waals surface area contributed by atoms with E-state index in [0.717, 1.165) is 12.1 Å². The number of aliphatic hydroxyl groups is 1. The summed E-state index contributed by atoms with van der Waals surface area (Å²) in [5.41, 5.74) is -0.481. The molecule has 1 aromatic carbocycles. The van der Waals surface area contributed by atoms with Crippen LogP contribution in [-0.4, -0.2) is 42.7 Å². The Balaban J connectivity index is 2.77. The quantitative estimate of drug-likeness (QED) is 0.631. The van der Waals surface area contributed by atoms with Gasteiger partial charge >= 0.3 is 12.4 Å². The summed E-state index contributed by atoms with van der Waals surface area (Å²) in [4.78, 5) is 0. The van der Waals surface area contributed by atoms with Crippen molar-refractivity contribution in [2.45, 2.75) is 57.3 Å². The monoisotopic (exact) mass is 387 g/mol. The number of ether oxygens (including phenoxy) is 1. The molecular weight excluding hydrogens is 364 g/mol. The van der Waals surface area contributed by atoms with Gasteiger partial charge in [0.2, 0.25) is 0 Å². The van der Waals surface area contributed by atoms with E-state index >= 15 is 0 Å². The molecule has 0 aliphatic heterocycles. The summed E-state index contributed by atoms with van der Waals surface area (Å²) in [5.74, 6) is 0. The van der Waals surface area contributed by atoms with Crippen molar-refractivity contribution in [1.82, 2.24) is 5.32 Å². The lowest BCUT2D eigenvalue weighted by atomic mass is 10.0. The first-order chi connectivity index (χ1) is 11.9. The molecule has 1 aromatic rings. The van der Waals surface area contributed by atoms with Gasteiger partial charge in [0, 0.05) is 19.2 Å². The molecule has 0 aliphatic rings. The van der Waals surface area contributed by atoms with E-state index < -0.39 is 36.6 Å². The number of hydrogen-bond acceptors (Lipinski definition) is 3. The Morgan fingerprint density at radius 2 is 1.77 bits per heavy atom. The van der Waals surface area contributed by atoms with Gasteiger partial charge in [-0.25, -0.2) is 0 Å². The van der Waals surface area contributed by atoms with Crippen LogP contribution < -0.4 is 5.32 Å². The fraction of sp³-hybridized carbons (Fsp3) is 0.647. The average molecular weight is 387 g/mol. The summed E-state index contributed by atoms with van der Waals surface area (Å²) < 4.78 is 81.0. The molecule has 0 saturated carbocycles. The van der Waals surface area contributed by atoms with Gasteiger partial charge < -0.3 is 15.2 Å². The van der Waals surface area contributed by atoms with Crippen LogP contribution in [0, 0.1) is 0 Å². The molecule has 150 valence electrons. The molecule has 0 bridgehead atoms. The van der Waals surface area contributed by atoms with Gasteiger partial charge in [-0.1, -0.05) is 18.2 Å². The molecule has 1 rings (SSSR count). The van der Waals surface area contributed by atoms with Crippen LogP contribution in [0.15, 0.2) is 24.3 Å². The minimum atomic E-state index is -4.76. The van der Waals surface area contributed by atoms with Crippen molar-refractivity contribution < 1.29 is 36.2 Å². The lowest BCUT2D eigenvalue weighted by Gasteiger charge is -2.23. The molecule has 2 atom stereocenters. The topological polar surface area (TPSA) is 41.5 Å². The zero-order chi connectivity index (χ0) is 20.0. The first-order valence-corrected chi connectivity index (χ1v) is 8.15. The van der Waals surface area contributed by atoms with E-state index in [0.29, 0.717) is 12.0 Å². The van der Waals surface area contributed by atoms with Gasteiger partial charge in [-0.15, -0.1) is 0 Å². The molecule has 0 aliphatic carbocycles. The van der Waals surface area contributed by atoms with Crippen molar-refractivity contribution in [1.29, 1.82) is 0 Å². The summed E-state index contributed by atoms with van der Waals surface area (Å²) in [7, 11) is 0. The number of hydrogen-bond donors (Lipinski definition) is 2. The normalized spacial score (nSPS) is 15.3. The van der Waals surface area contributed by atoms with Gasteiger partial charge in [0.05, 0.1) is 11.7 Å². The number of benzene rings is 1. The Kier molecular flexibility index (Phi) is 8.36. The summed E-state index contributed by atoms with van der Waals surface area (Å²) in [6.07, 6.45) is -11.5. The third kappa shape index (κ3) is 8.37. The number of rotatable bonds is 9. The van der Waals surface area contributed by atoms with E-state index in [-0.39, 0.29) is 19.1 Å². The highest BCUT2D eigenvalue weighted by Crippen LogP contribution is 2.30. The molecule has 0 fully saturated rings. The van der Waals surface area contributed by atoms with E-state index in [9.17, 15) is 26.3 Å². The predicted molar refractivity (Wildman–Crippen MR) is 84.7 cm³/mol. The van der Waals surface area contributed by atoms with Crippen LogP contribution in [0.3, 0.4) is 0 Å². The van der Waals surface area contributed by atoms with Crippen LogP contribution in [0.2, 0.25) is 0 Å². The highest BCUT2D eigenvalue weighted by atomic mass is 19.4. The van der Waals surface area contributed by atoms with Crippen molar-refractivity contribution in [2.24, 2.45) is 0 Å². The molecule has 3 nitrogen and oxygen atoms in total. The third-order valence-corrected chi connectivity index (χ3v) is 3.63. The largest absolute Gasteiger partial charge is 0.416 e. The molecular formula is C17H23F6NO2. The van der Waals surface area contributed by atoms with Gasteiger partial charge in [-0.05, 0) is 38.3 Å². The summed E-state index contributed by atoms with van der Waals surface area (Å²) in [6.45, 7) is 3.08. The van der Waals surface area contributed by atoms with E-state index in [2.05, 4.69) is 5.32 Å². The van der Waals surface area contributed by atoms with E-state index in [4.69, 9.17) is 9.84 Å². The maximum Gasteiger partial charge on any atom is 0.416 e. The second-order valence-corrected chi connectivity index (χ2v) is 6.27. The fourth-order valence-electron chi connectivity index (χ4n) is 2.28. The van der Waals surface area contributed by atoms with Crippen LogP contribution in [0.5, 0.6) is 0 Å². The lowest BCUT2D eigenvalue weighted by molar-refractivity contribution is -0.202. The minimum absolute atomic E-state index is 0.0787. The fourth-order valence-corrected chi connectivity index (χ4v) is 2.28. The van der Waals surface area contributed by atoms with E-state index in [1.807, 2.05) is 0 Å². The van der Waals surface area contributed by atoms with Crippen LogP contribution in [-0.2, 0) is 17.3 Å². The van der Waals surface area contributed by atoms with Gasteiger partial charge in [0.1, 0.15) is 0 Å². The minimum Gasteiger partial charge on any atom is -0.382 e. The number of nitrogens with one attached hydrogen (secondary N) is 1. The van der Waals surface area contributed by atoms with Gasteiger partial charge in [-0.2, -0.15) is 26.3 Å². The first-order valence-electron chi connectivity index (χ1n) is 8.15. The maximum absolute atomic E-state index is 12.8. The number of aliphatic hydroxyl groups excluding tert-OH is 1. The van der Waals surface area contributed by atoms with Crippen molar-refractivity contribution in [3.63, 3.8) is 0 Å². The first kappa shape index (κ1) is 22.7. The number of halogens is 6. The predicted octanol–water partition coefficient (Wildman–Crippen LogP) is 3.94. The smallest absolute Gasteiger partial charge is 0.382 e. The standard InChI is InChI=1S/C17H23F6NO2/c1-11(2)26-7-6-14(24-10-15(25)17(21,22)23)9-12-4-3-5-13(8-12)16(18,19)20/h3-5,8,11,14-15,24-25H,6-7,9-10H2,1-2H3. The van der Waals surface area contributed by atoms with Crippen molar-refractivity contribution in [3.05, 3.63) is 35.4 Å². The molecule has 0 aromatic heterocycles. The summed E-state index contributed by atoms with van der Waals surface area (Å²) in [5, 5.41) is 11.7. The van der Waals surface area contributed by atoms with Gasteiger partial charge in [0.15, 0.2) is 6.10 Å². The average Bonchev–Trinajstić information content (AvgIpc) is 2.50. The Labute approximate surface area is 148 Å². The van der Waals surface area contributed by atoms with E-state index in [1.165, 1.54) is 12.1 Å². The van der Waals surface area contributed by atoms with Gasteiger partial charge in [-0.3, -0.25) is 0 Å². The Morgan fingerprint density at radius 3 is 2.31 bits per heavy atom. The second-order valence-electron chi connectivity index (χ2n) is 6.27. The second kappa shape index (κ2) is 9.57. The SMILES string of the molecule is CC(C)OCCC(Cc1cccc(C(F)(F)F)c1)NCC(O)C(F)(F)F. The Morgan fingerprint density at radius 1 is 1.12 bits per heavy atom.